The highest BCUT2D eigenvalue weighted by molar-refractivity contribution is 6.11. The van der Waals surface area contributed by atoms with Crippen LogP contribution in [0, 0.1) is 0 Å². The van der Waals surface area contributed by atoms with Crippen LogP contribution in [0.15, 0.2) is 36.7 Å². The molecule has 0 aliphatic heterocycles. The zero-order valence-corrected chi connectivity index (χ0v) is 12.4. The highest BCUT2D eigenvalue weighted by atomic mass is 16.5. The molecule has 0 fully saturated rings. The van der Waals surface area contributed by atoms with E-state index in [9.17, 15) is 14.4 Å². The standard InChI is InChI=1S/C15H13N3O5/c1-18(10-6-4-3-5-9(10)15(22)23-2)13(19)11-12(14(20)21)17-8-7-16-11/h3-8H,1-2H3,(H,20,21). The molecule has 2 rings (SSSR count). The van der Waals surface area contributed by atoms with Gasteiger partial charge in [0.15, 0.2) is 11.4 Å². The number of carboxylic acid groups (broad SMARTS) is 1. The van der Waals surface area contributed by atoms with Crippen molar-refractivity contribution in [3.05, 3.63) is 53.6 Å². The number of aromatic carboxylic acids is 1. The van der Waals surface area contributed by atoms with Crippen molar-refractivity contribution >= 4 is 23.5 Å². The average molecular weight is 315 g/mol. The van der Waals surface area contributed by atoms with Crippen molar-refractivity contribution < 1.29 is 24.2 Å². The molecule has 1 aromatic heterocycles. The number of nitrogens with zero attached hydrogens (tertiary/aromatic N) is 3. The molecule has 0 spiro atoms. The summed E-state index contributed by atoms with van der Waals surface area (Å²) in [6.07, 6.45) is 2.41. The minimum Gasteiger partial charge on any atom is -0.476 e. The summed E-state index contributed by atoms with van der Waals surface area (Å²) in [5.41, 5.74) is -0.333. The number of carbonyl (C=O) groups excluding carboxylic acids is 2. The van der Waals surface area contributed by atoms with Gasteiger partial charge in [-0.05, 0) is 12.1 Å². The van der Waals surface area contributed by atoms with E-state index in [1.54, 1.807) is 18.2 Å². The van der Waals surface area contributed by atoms with Gasteiger partial charge in [0.2, 0.25) is 0 Å². The molecule has 1 aromatic carbocycles. The van der Waals surface area contributed by atoms with Crippen molar-refractivity contribution in [2.45, 2.75) is 0 Å². The first-order valence-corrected chi connectivity index (χ1v) is 6.47. The molecule has 118 valence electrons. The lowest BCUT2D eigenvalue weighted by Gasteiger charge is -2.19. The van der Waals surface area contributed by atoms with Crippen molar-refractivity contribution in [2.24, 2.45) is 0 Å². The summed E-state index contributed by atoms with van der Waals surface area (Å²) in [6.45, 7) is 0. The van der Waals surface area contributed by atoms with Crippen molar-refractivity contribution in [1.82, 2.24) is 9.97 Å². The van der Waals surface area contributed by atoms with Crippen LogP contribution in [0.3, 0.4) is 0 Å². The summed E-state index contributed by atoms with van der Waals surface area (Å²) in [5.74, 6) is -2.68. The van der Waals surface area contributed by atoms with E-state index in [1.807, 2.05) is 0 Å². The minimum absolute atomic E-state index is 0.173. The molecule has 0 radical (unpaired) electrons. The zero-order valence-electron chi connectivity index (χ0n) is 12.4. The number of anilines is 1. The number of ether oxygens (including phenoxy) is 1. The van der Waals surface area contributed by atoms with E-state index >= 15 is 0 Å². The van der Waals surface area contributed by atoms with Gasteiger partial charge in [-0.1, -0.05) is 12.1 Å². The molecule has 1 amide bonds. The van der Waals surface area contributed by atoms with Crippen LogP contribution in [0.25, 0.3) is 0 Å². The Morgan fingerprint density at radius 2 is 1.70 bits per heavy atom. The summed E-state index contributed by atoms with van der Waals surface area (Å²) in [4.78, 5) is 44.1. The maximum absolute atomic E-state index is 12.5. The van der Waals surface area contributed by atoms with Crippen LogP contribution < -0.4 is 4.90 Å². The van der Waals surface area contributed by atoms with Crippen LogP contribution in [0.1, 0.15) is 31.3 Å². The highest BCUT2D eigenvalue weighted by Gasteiger charge is 2.25. The molecular weight excluding hydrogens is 302 g/mol. The SMILES string of the molecule is COC(=O)c1ccccc1N(C)C(=O)c1nccnc1C(=O)O. The molecule has 2 aromatic rings. The molecule has 0 aliphatic rings. The number of esters is 1. The van der Waals surface area contributed by atoms with Gasteiger partial charge >= 0.3 is 11.9 Å². The summed E-state index contributed by atoms with van der Waals surface area (Å²) in [6, 6.07) is 6.31. The monoisotopic (exact) mass is 315 g/mol. The quantitative estimate of drug-likeness (QED) is 0.845. The van der Waals surface area contributed by atoms with E-state index in [4.69, 9.17) is 5.11 Å². The number of benzene rings is 1. The summed E-state index contributed by atoms with van der Waals surface area (Å²) in [7, 11) is 2.64. The van der Waals surface area contributed by atoms with Gasteiger partial charge in [-0.3, -0.25) is 4.79 Å². The summed E-state index contributed by atoms with van der Waals surface area (Å²) < 4.78 is 4.68. The summed E-state index contributed by atoms with van der Waals surface area (Å²) >= 11 is 0. The fraction of sp³-hybridized carbons (Fsp3) is 0.133. The first kappa shape index (κ1) is 16.1. The van der Waals surface area contributed by atoms with Gasteiger partial charge in [-0.25, -0.2) is 19.6 Å². The molecule has 8 heteroatoms. The zero-order chi connectivity index (χ0) is 17.0. The molecular formula is C15H13N3O5. The average Bonchev–Trinajstić information content (AvgIpc) is 2.59. The van der Waals surface area contributed by atoms with Gasteiger partial charge in [-0.2, -0.15) is 0 Å². The Bertz CT molecular complexity index is 775. The topological polar surface area (TPSA) is 110 Å². The molecule has 0 aliphatic carbocycles. The van der Waals surface area contributed by atoms with Gasteiger partial charge in [0.05, 0.1) is 18.4 Å². The second-order valence-corrected chi connectivity index (χ2v) is 4.43. The maximum atomic E-state index is 12.5. The molecule has 8 nitrogen and oxygen atoms in total. The van der Waals surface area contributed by atoms with Gasteiger partial charge < -0.3 is 14.7 Å². The predicted molar refractivity (Wildman–Crippen MR) is 79.5 cm³/mol. The van der Waals surface area contributed by atoms with Crippen LogP contribution >= 0.6 is 0 Å². The molecule has 1 N–H and O–H groups in total. The minimum atomic E-state index is -1.36. The van der Waals surface area contributed by atoms with Gasteiger partial charge in [0.25, 0.3) is 5.91 Å². The second kappa shape index (κ2) is 6.65. The van der Waals surface area contributed by atoms with Crippen LogP contribution in [0.5, 0.6) is 0 Å². The first-order valence-electron chi connectivity index (χ1n) is 6.47. The van der Waals surface area contributed by atoms with Gasteiger partial charge in [0, 0.05) is 19.4 Å². The molecule has 0 unspecified atom stereocenters. The number of aromatic nitrogens is 2. The Balaban J connectivity index is 2.46. The molecule has 0 bridgehead atoms. The van der Waals surface area contributed by atoms with Crippen molar-refractivity contribution in [3.8, 4) is 0 Å². The lowest BCUT2D eigenvalue weighted by atomic mass is 10.1. The van der Waals surface area contributed by atoms with E-state index in [0.717, 1.165) is 4.90 Å². The van der Waals surface area contributed by atoms with E-state index in [1.165, 1.54) is 32.6 Å². The number of rotatable bonds is 4. The predicted octanol–water partition coefficient (Wildman–Crippen LogP) is 1.24. The smallest absolute Gasteiger partial charge is 0.356 e. The third-order valence-corrected chi connectivity index (χ3v) is 3.08. The summed E-state index contributed by atoms with van der Waals surface area (Å²) in [5, 5.41) is 9.10. The fourth-order valence-electron chi connectivity index (χ4n) is 1.97. The lowest BCUT2D eigenvalue weighted by molar-refractivity contribution is 0.0600. The molecule has 23 heavy (non-hydrogen) atoms. The van der Waals surface area contributed by atoms with Crippen molar-refractivity contribution in [3.63, 3.8) is 0 Å². The second-order valence-electron chi connectivity index (χ2n) is 4.43. The number of hydrogen-bond acceptors (Lipinski definition) is 6. The Hall–Kier alpha value is -3.29. The molecule has 0 atom stereocenters. The molecule has 0 saturated carbocycles. The van der Waals surface area contributed by atoms with E-state index < -0.39 is 23.5 Å². The fourth-order valence-corrected chi connectivity index (χ4v) is 1.97. The number of amides is 1. The largest absolute Gasteiger partial charge is 0.476 e. The number of hydrogen-bond donors (Lipinski definition) is 1. The van der Waals surface area contributed by atoms with Gasteiger partial charge in [0.1, 0.15) is 0 Å². The maximum Gasteiger partial charge on any atom is 0.356 e. The normalized spacial score (nSPS) is 10.0. The van der Waals surface area contributed by atoms with E-state index in [0.29, 0.717) is 0 Å². The molecule has 0 saturated heterocycles. The Kier molecular flexibility index (Phi) is 4.65. The Morgan fingerprint density at radius 1 is 1.09 bits per heavy atom. The van der Waals surface area contributed by atoms with Crippen molar-refractivity contribution in [2.75, 3.05) is 19.1 Å². The Morgan fingerprint density at radius 3 is 2.30 bits per heavy atom. The lowest BCUT2D eigenvalue weighted by Crippen LogP contribution is -2.30. The molecule has 1 heterocycles. The number of carboxylic acids is 1. The third kappa shape index (κ3) is 3.15. The number of methoxy groups -OCH3 is 1. The van der Waals surface area contributed by atoms with Crippen LogP contribution in [0.2, 0.25) is 0 Å². The highest BCUT2D eigenvalue weighted by Crippen LogP contribution is 2.22. The van der Waals surface area contributed by atoms with Crippen LogP contribution in [-0.2, 0) is 4.74 Å². The number of carbonyl (C=O) groups is 3. The number of para-hydroxylation sites is 1. The first-order chi connectivity index (χ1) is 11.0. The van der Waals surface area contributed by atoms with Gasteiger partial charge in [-0.15, -0.1) is 0 Å². The van der Waals surface area contributed by atoms with Crippen molar-refractivity contribution in [1.29, 1.82) is 0 Å². The van der Waals surface area contributed by atoms with Crippen LogP contribution in [-0.4, -0.2) is 47.1 Å². The van der Waals surface area contributed by atoms with E-state index in [2.05, 4.69) is 14.7 Å². The third-order valence-electron chi connectivity index (χ3n) is 3.08. The Labute approximate surface area is 131 Å². The van der Waals surface area contributed by atoms with E-state index in [-0.39, 0.29) is 16.9 Å². The van der Waals surface area contributed by atoms with Crippen LogP contribution in [0.4, 0.5) is 5.69 Å².